The van der Waals surface area contributed by atoms with Gasteiger partial charge in [-0.05, 0) is 47.8 Å². The fraction of sp³-hybridized carbons (Fsp3) is 0.227. The molecule has 0 radical (unpaired) electrons. The third-order valence-electron chi connectivity index (χ3n) is 5.21. The van der Waals surface area contributed by atoms with Crippen LogP contribution in [0.1, 0.15) is 9.67 Å². The van der Waals surface area contributed by atoms with Crippen LogP contribution in [0.3, 0.4) is 0 Å². The fourth-order valence-corrected chi connectivity index (χ4v) is 6.36. The van der Waals surface area contributed by atoms with Gasteiger partial charge in [0.1, 0.15) is 15.5 Å². The third-order valence-corrected chi connectivity index (χ3v) is 8.45. The van der Waals surface area contributed by atoms with Crippen molar-refractivity contribution in [3.05, 3.63) is 69.9 Å². The van der Waals surface area contributed by atoms with Crippen molar-refractivity contribution >= 4 is 50.2 Å². The Kier molecular flexibility index (Phi) is 6.71. The number of hydrogen-bond donors (Lipinski definition) is 1. The van der Waals surface area contributed by atoms with Gasteiger partial charge in [-0.2, -0.15) is 4.31 Å². The lowest BCUT2D eigenvalue weighted by atomic mass is 10.2. The lowest BCUT2D eigenvalue weighted by Crippen LogP contribution is -2.48. The quantitative estimate of drug-likeness (QED) is 0.559. The first-order valence-corrected chi connectivity index (χ1v) is 12.6. The third kappa shape index (κ3) is 4.75. The van der Waals surface area contributed by atoms with E-state index in [2.05, 4.69) is 10.2 Å². The second-order valence-electron chi connectivity index (χ2n) is 7.17. The van der Waals surface area contributed by atoms with Gasteiger partial charge in [0, 0.05) is 48.6 Å². The Morgan fingerprint density at radius 1 is 1.06 bits per heavy atom. The highest BCUT2D eigenvalue weighted by Gasteiger charge is 2.32. The van der Waals surface area contributed by atoms with Gasteiger partial charge < -0.3 is 15.0 Å². The number of thiophene rings is 1. The van der Waals surface area contributed by atoms with Gasteiger partial charge in [0.15, 0.2) is 0 Å². The maximum Gasteiger partial charge on any atom is 0.267 e. The highest BCUT2D eigenvalue weighted by Crippen LogP contribution is 2.29. The van der Waals surface area contributed by atoms with E-state index in [-0.39, 0.29) is 9.77 Å². The largest absolute Gasteiger partial charge is 0.497 e. The Hall–Kier alpha value is -2.59. The SMILES string of the molecule is COc1cccc(N2CCN(S(=O)(=O)c3ccsc3C(=O)Nc3ccc(Cl)cc3)CC2)c1. The van der Waals surface area contributed by atoms with Crippen LogP contribution < -0.4 is 15.0 Å². The predicted octanol–water partition coefficient (Wildman–Crippen LogP) is 4.17. The van der Waals surface area contributed by atoms with E-state index in [1.54, 1.807) is 36.8 Å². The number of hydrogen-bond acceptors (Lipinski definition) is 6. The molecule has 0 aliphatic carbocycles. The van der Waals surface area contributed by atoms with Crippen molar-refractivity contribution in [1.82, 2.24) is 4.31 Å². The Labute approximate surface area is 196 Å². The molecular weight excluding hydrogens is 470 g/mol. The second-order valence-corrected chi connectivity index (χ2v) is 10.4. The van der Waals surface area contributed by atoms with Crippen LogP contribution in [0.4, 0.5) is 11.4 Å². The smallest absolute Gasteiger partial charge is 0.267 e. The molecule has 3 aromatic rings. The van der Waals surface area contributed by atoms with E-state index in [9.17, 15) is 13.2 Å². The van der Waals surface area contributed by atoms with Crippen molar-refractivity contribution in [3.63, 3.8) is 0 Å². The summed E-state index contributed by atoms with van der Waals surface area (Å²) in [6.07, 6.45) is 0. The van der Waals surface area contributed by atoms with Crippen LogP contribution in [0, 0.1) is 0 Å². The maximum absolute atomic E-state index is 13.3. The van der Waals surface area contributed by atoms with Crippen molar-refractivity contribution in [2.45, 2.75) is 4.90 Å². The first-order chi connectivity index (χ1) is 15.4. The highest BCUT2D eigenvalue weighted by atomic mass is 35.5. The Morgan fingerprint density at radius 3 is 2.47 bits per heavy atom. The number of piperazine rings is 1. The Morgan fingerprint density at radius 2 is 1.78 bits per heavy atom. The summed E-state index contributed by atoms with van der Waals surface area (Å²) in [5, 5.41) is 4.91. The molecule has 4 rings (SSSR count). The molecule has 0 unspecified atom stereocenters. The first kappa shape index (κ1) is 22.6. The predicted molar refractivity (Wildman–Crippen MR) is 128 cm³/mol. The maximum atomic E-state index is 13.3. The molecule has 1 saturated heterocycles. The summed E-state index contributed by atoms with van der Waals surface area (Å²) in [6, 6.07) is 15.8. The normalized spacial score (nSPS) is 14.9. The van der Waals surface area contributed by atoms with Crippen LogP contribution in [0.25, 0.3) is 0 Å². The van der Waals surface area contributed by atoms with E-state index < -0.39 is 15.9 Å². The van der Waals surface area contributed by atoms with Crippen LogP contribution in [-0.2, 0) is 10.0 Å². The Balaban J connectivity index is 1.47. The minimum atomic E-state index is -3.80. The molecule has 1 aliphatic heterocycles. The molecule has 0 atom stereocenters. The molecule has 2 heterocycles. The molecule has 0 spiro atoms. The van der Waals surface area contributed by atoms with Crippen molar-refractivity contribution in [2.75, 3.05) is 43.5 Å². The van der Waals surface area contributed by atoms with Crippen molar-refractivity contribution in [3.8, 4) is 5.75 Å². The summed E-state index contributed by atoms with van der Waals surface area (Å²) in [6.45, 7) is 1.74. The number of nitrogens with one attached hydrogen (secondary N) is 1. The number of methoxy groups -OCH3 is 1. The lowest BCUT2D eigenvalue weighted by Gasteiger charge is -2.35. The molecular formula is C22H22ClN3O4S2. The van der Waals surface area contributed by atoms with Gasteiger partial charge in [-0.15, -0.1) is 11.3 Å². The number of halogens is 1. The van der Waals surface area contributed by atoms with Crippen LogP contribution in [0.2, 0.25) is 5.02 Å². The number of carbonyl (C=O) groups is 1. The summed E-state index contributed by atoms with van der Waals surface area (Å²) in [5.74, 6) is 0.295. The molecule has 1 amide bonds. The van der Waals surface area contributed by atoms with E-state index >= 15 is 0 Å². The molecule has 1 N–H and O–H groups in total. The van der Waals surface area contributed by atoms with Gasteiger partial charge in [0.05, 0.1) is 7.11 Å². The number of carbonyl (C=O) groups excluding carboxylic acids is 1. The van der Waals surface area contributed by atoms with Crippen molar-refractivity contribution in [2.24, 2.45) is 0 Å². The highest BCUT2D eigenvalue weighted by molar-refractivity contribution is 7.89. The van der Waals surface area contributed by atoms with Crippen molar-refractivity contribution < 1.29 is 17.9 Å². The van der Waals surface area contributed by atoms with E-state index in [4.69, 9.17) is 16.3 Å². The zero-order valence-electron chi connectivity index (χ0n) is 17.3. The van der Waals surface area contributed by atoms with Gasteiger partial charge in [0.25, 0.3) is 5.91 Å². The Bertz CT molecular complexity index is 1200. The summed E-state index contributed by atoms with van der Waals surface area (Å²) < 4.78 is 33.3. The van der Waals surface area contributed by atoms with E-state index in [1.807, 2.05) is 24.3 Å². The van der Waals surface area contributed by atoms with Gasteiger partial charge in [-0.25, -0.2) is 8.42 Å². The number of sulfonamides is 1. The van der Waals surface area contributed by atoms with Crippen molar-refractivity contribution in [1.29, 1.82) is 0 Å². The van der Waals surface area contributed by atoms with E-state index in [0.29, 0.717) is 36.9 Å². The molecule has 168 valence electrons. The molecule has 0 bridgehead atoms. The number of benzene rings is 2. The molecule has 1 aliphatic rings. The minimum Gasteiger partial charge on any atom is -0.497 e. The van der Waals surface area contributed by atoms with Crippen LogP contribution >= 0.6 is 22.9 Å². The number of rotatable bonds is 6. The average Bonchev–Trinajstić information content (AvgIpc) is 3.32. The van der Waals surface area contributed by atoms with Gasteiger partial charge >= 0.3 is 0 Å². The van der Waals surface area contributed by atoms with E-state index in [1.165, 1.54) is 10.4 Å². The zero-order valence-corrected chi connectivity index (χ0v) is 19.7. The second kappa shape index (κ2) is 9.50. The monoisotopic (exact) mass is 491 g/mol. The molecule has 1 fully saturated rings. The fourth-order valence-electron chi connectivity index (χ4n) is 3.52. The number of amides is 1. The van der Waals surface area contributed by atoms with Crippen LogP contribution in [0.5, 0.6) is 5.75 Å². The van der Waals surface area contributed by atoms with Gasteiger partial charge in [-0.3, -0.25) is 4.79 Å². The molecule has 7 nitrogen and oxygen atoms in total. The molecule has 10 heteroatoms. The number of nitrogens with zero attached hydrogens (tertiary/aromatic N) is 2. The van der Waals surface area contributed by atoms with E-state index in [0.717, 1.165) is 22.8 Å². The summed E-state index contributed by atoms with van der Waals surface area (Å²) in [7, 11) is -2.19. The number of ether oxygens (including phenoxy) is 1. The minimum absolute atomic E-state index is 0.0313. The average molecular weight is 492 g/mol. The molecule has 1 aromatic heterocycles. The topological polar surface area (TPSA) is 79.0 Å². The van der Waals surface area contributed by atoms with Crippen LogP contribution in [-0.4, -0.2) is 51.9 Å². The summed E-state index contributed by atoms with van der Waals surface area (Å²) >= 11 is 6.98. The number of anilines is 2. The standard InChI is InChI=1S/C22H22ClN3O4S2/c1-30-19-4-2-3-18(15-19)25-10-12-26(13-11-25)32(28,29)20-9-14-31-21(20)22(27)24-17-7-5-16(23)6-8-17/h2-9,14-15H,10-13H2,1H3,(H,24,27). The first-order valence-electron chi connectivity index (χ1n) is 9.92. The molecule has 32 heavy (non-hydrogen) atoms. The summed E-state index contributed by atoms with van der Waals surface area (Å²) in [4.78, 5) is 15.1. The molecule has 2 aromatic carbocycles. The van der Waals surface area contributed by atoms with Crippen LogP contribution in [0.15, 0.2) is 64.9 Å². The zero-order chi connectivity index (χ0) is 22.7. The summed E-state index contributed by atoms with van der Waals surface area (Å²) in [5.41, 5.74) is 1.53. The lowest BCUT2D eigenvalue weighted by molar-refractivity contribution is 0.102. The van der Waals surface area contributed by atoms with Gasteiger partial charge in [-0.1, -0.05) is 17.7 Å². The van der Waals surface area contributed by atoms with Gasteiger partial charge in [0.2, 0.25) is 10.0 Å². The molecule has 0 saturated carbocycles.